The van der Waals surface area contributed by atoms with Crippen LogP contribution in [-0.4, -0.2) is 30.1 Å². The smallest absolute Gasteiger partial charge is 0.280 e. The van der Waals surface area contributed by atoms with Crippen LogP contribution in [0.25, 0.3) is 0 Å². The number of rotatable bonds is 5. The van der Waals surface area contributed by atoms with E-state index >= 15 is 0 Å². The number of hydrogen-bond acceptors (Lipinski definition) is 5. The molecule has 8 heteroatoms. The van der Waals surface area contributed by atoms with E-state index in [-0.39, 0.29) is 5.03 Å². The quantitative estimate of drug-likeness (QED) is 0.787. The largest absolute Gasteiger partial charge is 0.481 e. The molecule has 0 aromatic carbocycles. The topological polar surface area (TPSA) is 74.1 Å². The Hall–Kier alpha value is -1.60. The average molecular weight is 316 g/mol. The van der Waals surface area contributed by atoms with Crippen molar-refractivity contribution in [2.24, 2.45) is 0 Å². The van der Waals surface area contributed by atoms with E-state index in [0.717, 1.165) is 5.69 Å². The van der Waals surface area contributed by atoms with Crippen molar-refractivity contribution in [2.45, 2.75) is 24.9 Å². The lowest BCUT2D eigenvalue weighted by Gasteiger charge is -2.06. The van der Waals surface area contributed by atoms with Gasteiger partial charge in [0.05, 0.1) is 19.3 Å². The zero-order valence-corrected chi connectivity index (χ0v) is 12.6. The maximum Gasteiger partial charge on any atom is 0.280 e. The standard InChI is InChI=1S/C12H14ClN3O3S/c1-3-10-15-12(20(13,17)18)8-16(10)7-9-5-4-6-11(14-9)19-2/h4-6,8H,3,7H2,1-2H3. The van der Waals surface area contributed by atoms with E-state index in [1.165, 1.54) is 6.20 Å². The second-order valence-electron chi connectivity index (χ2n) is 4.09. The van der Waals surface area contributed by atoms with Gasteiger partial charge in [0.2, 0.25) is 5.88 Å². The molecule has 0 radical (unpaired) electrons. The highest BCUT2D eigenvalue weighted by Gasteiger charge is 2.17. The molecule has 20 heavy (non-hydrogen) atoms. The Balaban J connectivity index is 2.35. The molecule has 108 valence electrons. The molecule has 0 fully saturated rings. The minimum Gasteiger partial charge on any atom is -0.481 e. The second-order valence-corrected chi connectivity index (χ2v) is 6.60. The van der Waals surface area contributed by atoms with Crippen molar-refractivity contribution in [1.82, 2.24) is 14.5 Å². The molecule has 0 saturated carbocycles. The summed E-state index contributed by atoms with van der Waals surface area (Å²) in [5, 5.41) is -0.140. The van der Waals surface area contributed by atoms with Crippen molar-refractivity contribution in [2.75, 3.05) is 7.11 Å². The van der Waals surface area contributed by atoms with Crippen molar-refractivity contribution < 1.29 is 13.2 Å². The van der Waals surface area contributed by atoms with Gasteiger partial charge in [-0.05, 0) is 6.07 Å². The number of pyridine rings is 1. The summed E-state index contributed by atoms with van der Waals surface area (Å²) in [6.45, 7) is 2.29. The number of aryl methyl sites for hydroxylation is 1. The molecule has 2 aromatic rings. The number of ether oxygens (including phenoxy) is 1. The Morgan fingerprint density at radius 1 is 1.35 bits per heavy atom. The molecule has 2 heterocycles. The number of imidazole rings is 1. The summed E-state index contributed by atoms with van der Waals surface area (Å²) in [5.41, 5.74) is 0.745. The van der Waals surface area contributed by atoms with Crippen molar-refractivity contribution in [3.8, 4) is 5.88 Å². The van der Waals surface area contributed by atoms with Crippen LogP contribution in [0.5, 0.6) is 5.88 Å². The van der Waals surface area contributed by atoms with Crippen molar-refractivity contribution >= 4 is 19.7 Å². The highest BCUT2D eigenvalue weighted by atomic mass is 35.7. The first kappa shape index (κ1) is 14.8. The van der Waals surface area contributed by atoms with Gasteiger partial charge >= 0.3 is 0 Å². The summed E-state index contributed by atoms with van der Waals surface area (Å²) in [6, 6.07) is 5.40. The lowest BCUT2D eigenvalue weighted by molar-refractivity contribution is 0.396. The maximum atomic E-state index is 11.3. The van der Waals surface area contributed by atoms with Gasteiger partial charge in [0.15, 0.2) is 5.03 Å². The molecule has 0 amide bonds. The van der Waals surface area contributed by atoms with Crippen LogP contribution in [0.4, 0.5) is 0 Å². The highest BCUT2D eigenvalue weighted by molar-refractivity contribution is 8.13. The molecule has 0 bridgehead atoms. The fourth-order valence-electron chi connectivity index (χ4n) is 1.80. The van der Waals surface area contributed by atoms with Gasteiger partial charge in [-0.15, -0.1) is 0 Å². The fraction of sp³-hybridized carbons (Fsp3) is 0.333. The van der Waals surface area contributed by atoms with E-state index in [4.69, 9.17) is 15.4 Å². The first-order valence-corrected chi connectivity index (χ1v) is 8.25. The summed E-state index contributed by atoms with van der Waals surface area (Å²) in [5.74, 6) is 1.14. The van der Waals surface area contributed by atoms with Crippen molar-refractivity contribution in [3.05, 3.63) is 35.9 Å². The Labute approximate surface area is 121 Å². The van der Waals surface area contributed by atoms with Crippen LogP contribution in [-0.2, 0) is 22.0 Å². The molecule has 0 aliphatic rings. The van der Waals surface area contributed by atoms with E-state index in [9.17, 15) is 8.42 Å². The van der Waals surface area contributed by atoms with E-state index in [0.29, 0.717) is 24.7 Å². The number of methoxy groups -OCH3 is 1. The molecular formula is C12H14ClN3O3S. The summed E-state index contributed by atoms with van der Waals surface area (Å²) < 4.78 is 29.4. The minimum absolute atomic E-state index is 0.140. The number of nitrogens with zero attached hydrogens (tertiary/aromatic N) is 3. The number of hydrogen-bond donors (Lipinski definition) is 0. The predicted octanol–water partition coefficient (Wildman–Crippen LogP) is 1.82. The molecule has 2 aromatic heterocycles. The van der Waals surface area contributed by atoms with Crippen LogP contribution >= 0.6 is 10.7 Å². The van der Waals surface area contributed by atoms with Gasteiger partial charge in [0.25, 0.3) is 9.05 Å². The zero-order chi connectivity index (χ0) is 14.8. The molecule has 2 rings (SSSR count). The van der Waals surface area contributed by atoms with E-state index < -0.39 is 9.05 Å². The molecule has 0 saturated heterocycles. The second kappa shape index (κ2) is 5.80. The first-order chi connectivity index (χ1) is 9.44. The Kier molecular flexibility index (Phi) is 4.29. The van der Waals surface area contributed by atoms with Gasteiger partial charge in [-0.3, -0.25) is 0 Å². The summed E-state index contributed by atoms with van der Waals surface area (Å²) in [4.78, 5) is 8.30. The molecule has 6 nitrogen and oxygen atoms in total. The normalized spacial score (nSPS) is 11.6. The monoisotopic (exact) mass is 315 g/mol. The average Bonchev–Trinajstić information content (AvgIpc) is 2.82. The summed E-state index contributed by atoms with van der Waals surface area (Å²) in [6.07, 6.45) is 2.01. The molecule has 0 spiro atoms. The van der Waals surface area contributed by atoms with Gasteiger partial charge in [0, 0.05) is 29.4 Å². The Morgan fingerprint density at radius 3 is 2.70 bits per heavy atom. The van der Waals surface area contributed by atoms with E-state index in [1.54, 1.807) is 17.7 Å². The zero-order valence-electron chi connectivity index (χ0n) is 11.1. The SMILES string of the molecule is CCc1nc(S(=O)(=O)Cl)cn1Cc1cccc(OC)n1. The Bertz CT molecular complexity index is 712. The van der Waals surface area contributed by atoms with E-state index in [2.05, 4.69) is 9.97 Å². The van der Waals surface area contributed by atoms with E-state index in [1.807, 2.05) is 19.1 Å². The maximum absolute atomic E-state index is 11.3. The van der Waals surface area contributed by atoms with Crippen molar-refractivity contribution in [3.63, 3.8) is 0 Å². The third-order valence-electron chi connectivity index (χ3n) is 2.73. The molecular weight excluding hydrogens is 302 g/mol. The van der Waals surface area contributed by atoms with Gasteiger partial charge in [-0.2, -0.15) is 0 Å². The van der Waals surface area contributed by atoms with Gasteiger partial charge in [-0.25, -0.2) is 18.4 Å². The van der Waals surface area contributed by atoms with Crippen LogP contribution in [0.1, 0.15) is 18.4 Å². The van der Waals surface area contributed by atoms with Gasteiger partial charge in [-0.1, -0.05) is 13.0 Å². The number of aromatic nitrogens is 3. The van der Waals surface area contributed by atoms with Crippen LogP contribution in [0.3, 0.4) is 0 Å². The molecule has 0 unspecified atom stereocenters. The van der Waals surface area contributed by atoms with Crippen LogP contribution < -0.4 is 4.74 Å². The first-order valence-electron chi connectivity index (χ1n) is 5.94. The van der Waals surface area contributed by atoms with Crippen LogP contribution in [0, 0.1) is 0 Å². The van der Waals surface area contributed by atoms with Gasteiger partial charge in [0.1, 0.15) is 5.82 Å². The lowest BCUT2D eigenvalue weighted by Crippen LogP contribution is -2.05. The molecule has 0 N–H and O–H groups in total. The Morgan fingerprint density at radius 2 is 2.10 bits per heavy atom. The van der Waals surface area contributed by atoms with Crippen LogP contribution in [0.15, 0.2) is 29.4 Å². The molecule has 0 aliphatic heterocycles. The lowest BCUT2D eigenvalue weighted by atomic mass is 10.3. The highest BCUT2D eigenvalue weighted by Crippen LogP contribution is 2.16. The third kappa shape index (κ3) is 3.29. The minimum atomic E-state index is -3.82. The summed E-state index contributed by atoms with van der Waals surface area (Å²) >= 11 is 0. The van der Waals surface area contributed by atoms with Gasteiger partial charge < -0.3 is 9.30 Å². The summed E-state index contributed by atoms with van der Waals surface area (Å²) in [7, 11) is 3.03. The predicted molar refractivity (Wildman–Crippen MR) is 74.5 cm³/mol. The van der Waals surface area contributed by atoms with Crippen LogP contribution in [0.2, 0.25) is 0 Å². The number of halogens is 1. The molecule has 0 atom stereocenters. The third-order valence-corrected chi connectivity index (χ3v) is 3.90. The van der Waals surface area contributed by atoms with Crippen molar-refractivity contribution in [1.29, 1.82) is 0 Å². The molecule has 0 aliphatic carbocycles. The fourth-order valence-corrected chi connectivity index (χ4v) is 2.49.